The van der Waals surface area contributed by atoms with Crippen LogP contribution in [0.15, 0.2) is 43.8 Å². The van der Waals surface area contributed by atoms with E-state index in [1.165, 1.54) is 50.2 Å². The Morgan fingerprint density at radius 2 is 0.604 bits per heavy atom. The molecule has 0 saturated carbocycles. The Hall–Kier alpha value is -0.600. The first-order valence-corrected chi connectivity index (χ1v) is 24.7. The lowest BCUT2D eigenvalue weighted by Crippen LogP contribution is -1.84. The maximum absolute atomic E-state index is 5.41. The number of aromatic amines is 2. The van der Waals surface area contributed by atoms with Gasteiger partial charge < -0.3 is 9.97 Å². The molecule has 0 unspecified atom stereocenters. The second kappa shape index (κ2) is 18.8. The SMILES string of the molecule is CCSC1=C(SCC)c2cc3[nH]c(cc4[nH]c(cc5nc(cc1n2)C(SCC)=C5SCC)c(SCC)c4SCC)c(SCC)c3SCC. The first kappa shape index (κ1) is 38.6. The summed E-state index contributed by atoms with van der Waals surface area (Å²) in [4.78, 5) is 29.0. The number of rotatable bonds is 16. The van der Waals surface area contributed by atoms with Crippen LogP contribution in [0, 0.1) is 0 Å². The Kier molecular flexibility index (Phi) is 15.1. The Labute approximate surface area is 321 Å². The number of thioether (sulfide) groups is 8. The average Bonchev–Trinajstić information content (AvgIpc) is 3.75. The molecular formula is C36H46N4S8. The van der Waals surface area contributed by atoms with Gasteiger partial charge in [0.05, 0.1) is 44.8 Å². The zero-order chi connectivity index (χ0) is 34.2. The molecule has 0 aliphatic carbocycles. The van der Waals surface area contributed by atoms with Crippen LogP contribution in [0.3, 0.4) is 0 Å². The fourth-order valence-corrected chi connectivity index (χ4v) is 13.3. The van der Waals surface area contributed by atoms with Gasteiger partial charge in [-0.3, -0.25) is 0 Å². The number of hydrogen-bond donors (Lipinski definition) is 2. The van der Waals surface area contributed by atoms with Gasteiger partial charge in [-0.25, -0.2) is 9.97 Å². The monoisotopic (exact) mass is 790 g/mol. The smallest absolute Gasteiger partial charge is 0.0807 e. The Morgan fingerprint density at radius 3 is 0.875 bits per heavy atom. The predicted octanol–water partition coefficient (Wildman–Crippen LogP) is 13.4. The average molecular weight is 791 g/mol. The van der Waals surface area contributed by atoms with E-state index in [2.05, 4.69) is 89.6 Å². The van der Waals surface area contributed by atoms with Crippen LogP contribution in [-0.2, 0) is 0 Å². The van der Waals surface area contributed by atoms with Gasteiger partial charge >= 0.3 is 0 Å². The molecule has 0 radical (unpaired) electrons. The number of nitrogens with one attached hydrogen (secondary N) is 2. The number of fused-ring (bicyclic) bond motifs is 8. The minimum Gasteiger partial charge on any atom is -0.354 e. The Balaban J connectivity index is 2.03. The summed E-state index contributed by atoms with van der Waals surface area (Å²) in [6.07, 6.45) is 0. The summed E-state index contributed by atoms with van der Waals surface area (Å²) >= 11 is 15.3. The molecule has 8 bridgehead atoms. The van der Waals surface area contributed by atoms with Crippen LogP contribution in [-0.4, -0.2) is 66.0 Å². The van der Waals surface area contributed by atoms with Crippen molar-refractivity contribution in [3.8, 4) is 0 Å². The molecule has 2 N–H and O–H groups in total. The van der Waals surface area contributed by atoms with Crippen molar-refractivity contribution in [2.24, 2.45) is 0 Å². The molecule has 0 amide bonds. The van der Waals surface area contributed by atoms with Crippen molar-refractivity contribution in [1.82, 2.24) is 19.9 Å². The second-order valence-corrected chi connectivity index (χ2v) is 20.5. The summed E-state index contributed by atoms with van der Waals surface area (Å²) in [5, 5.41) is 0. The summed E-state index contributed by atoms with van der Waals surface area (Å²) in [6.45, 7) is 18.0. The van der Waals surface area contributed by atoms with Crippen LogP contribution >= 0.6 is 94.1 Å². The van der Waals surface area contributed by atoms with Gasteiger partial charge in [-0.15, -0.1) is 94.1 Å². The fourth-order valence-electron chi connectivity index (χ4n) is 5.57. The zero-order valence-corrected chi connectivity index (χ0v) is 35.7. The molecule has 48 heavy (non-hydrogen) atoms. The first-order chi connectivity index (χ1) is 23.5. The van der Waals surface area contributed by atoms with E-state index in [1.807, 2.05) is 94.1 Å². The minimum atomic E-state index is 0.991. The number of aromatic nitrogens is 4. The van der Waals surface area contributed by atoms with Crippen LogP contribution in [0.1, 0.15) is 78.2 Å². The molecule has 5 heterocycles. The highest BCUT2D eigenvalue weighted by atomic mass is 32.2. The molecule has 0 fully saturated rings. The van der Waals surface area contributed by atoms with Crippen molar-refractivity contribution in [1.29, 1.82) is 0 Å². The van der Waals surface area contributed by atoms with Crippen LogP contribution in [0.5, 0.6) is 0 Å². The number of H-pyrrole nitrogens is 2. The highest BCUT2D eigenvalue weighted by molar-refractivity contribution is 8.14. The van der Waals surface area contributed by atoms with E-state index in [0.29, 0.717) is 0 Å². The van der Waals surface area contributed by atoms with Crippen molar-refractivity contribution < 1.29 is 0 Å². The molecule has 3 aromatic rings. The molecule has 3 aromatic heterocycles. The topological polar surface area (TPSA) is 57.4 Å². The summed E-state index contributed by atoms with van der Waals surface area (Å²) in [5.74, 6) is 8.00. The van der Waals surface area contributed by atoms with Crippen LogP contribution in [0.4, 0.5) is 0 Å². The van der Waals surface area contributed by atoms with Crippen LogP contribution in [0.25, 0.3) is 41.7 Å². The van der Waals surface area contributed by atoms with E-state index >= 15 is 0 Å². The van der Waals surface area contributed by atoms with Crippen molar-refractivity contribution >= 4 is 136 Å². The van der Waals surface area contributed by atoms with Gasteiger partial charge in [0.25, 0.3) is 0 Å². The zero-order valence-electron chi connectivity index (χ0n) is 29.1. The third-order valence-corrected chi connectivity index (χ3v) is 15.7. The van der Waals surface area contributed by atoms with Crippen molar-refractivity contribution in [2.45, 2.75) is 75.0 Å². The molecule has 0 spiro atoms. The molecule has 258 valence electrons. The maximum Gasteiger partial charge on any atom is 0.0807 e. The standard InChI is InChI=1S/C36H46N4S8/c1-9-41-29-21-17-23-31(43-11-3)33(45-13-5)25(38-23)19-27-35(47-15-7)36(48-16-8)28(40-27)20-26-34(46-14-6)32(44-12-4)24(39-26)18-22(37-21)30(29)42-10-2/h17-20,37-38H,9-16H2,1-8H3. The van der Waals surface area contributed by atoms with E-state index in [0.717, 1.165) is 79.8 Å². The largest absolute Gasteiger partial charge is 0.354 e. The molecule has 5 rings (SSSR count). The summed E-state index contributed by atoms with van der Waals surface area (Å²) in [7, 11) is 0. The number of hydrogen-bond acceptors (Lipinski definition) is 10. The van der Waals surface area contributed by atoms with Gasteiger partial charge in [0.1, 0.15) is 0 Å². The fraction of sp³-hybridized carbons (Fsp3) is 0.444. The summed E-state index contributed by atoms with van der Waals surface area (Å²) in [6, 6.07) is 9.25. The highest BCUT2D eigenvalue weighted by Gasteiger charge is 2.26. The Morgan fingerprint density at radius 1 is 0.354 bits per heavy atom. The predicted molar refractivity (Wildman–Crippen MR) is 233 cm³/mol. The quantitative estimate of drug-likeness (QED) is 0.137. The molecule has 12 heteroatoms. The lowest BCUT2D eigenvalue weighted by molar-refractivity contribution is 1.27. The van der Waals surface area contributed by atoms with Crippen LogP contribution in [0.2, 0.25) is 0 Å². The van der Waals surface area contributed by atoms with Crippen LogP contribution < -0.4 is 0 Å². The van der Waals surface area contributed by atoms with Crippen molar-refractivity contribution in [2.75, 3.05) is 46.0 Å². The van der Waals surface area contributed by atoms with E-state index in [1.54, 1.807) is 0 Å². The van der Waals surface area contributed by atoms with E-state index in [4.69, 9.17) is 9.97 Å². The van der Waals surface area contributed by atoms with Gasteiger partial charge in [-0.2, -0.15) is 0 Å². The normalized spacial score (nSPS) is 13.3. The van der Waals surface area contributed by atoms with E-state index < -0.39 is 0 Å². The summed E-state index contributed by atoms with van der Waals surface area (Å²) < 4.78 is 0. The van der Waals surface area contributed by atoms with Gasteiger partial charge in [-0.1, -0.05) is 55.4 Å². The third-order valence-electron chi connectivity index (χ3n) is 7.19. The third kappa shape index (κ3) is 8.37. The van der Waals surface area contributed by atoms with Gasteiger partial charge in [0, 0.05) is 39.2 Å². The maximum atomic E-state index is 5.41. The van der Waals surface area contributed by atoms with E-state index in [9.17, 15) is 0 Å². The van der Waals surface area contributed by atoms with Gasteiger partial charge in [-0.05, 0) is 70.3 Å². The molecule has 0 saturated heterocycles. The molecule has 0 aromatic carbocycles. The summed E-state index contributed by atoms with van der Waals surface area (Å²) in [5.41, 5.74) is 8.79. The first-order valence-electron chi connectivity index (χ1n) is 16.8. The van der Waals surface area contributed by atoms with E-state index in [-0.39, 0.29) is 0 Å². The van der Waals surface area contributed by atoms with Crippen molar-refractivity contribution in [3.63, 3.8) is 0 Å². The van der Waals surface area contributed by atoms with Crippen molar-refractivity contribution in [3.05, 3.63) is 47.0 Å². The molecular weight excluding hydrogens is 745 g/mol. The molecule has 2 aliphatic rings. The molecule has 4 nitrogen and oxygen atoms in total. The Bertz CT molecular complexity index is 1710. The van der Waals surface area contributed by atoms with Gasteiger partial charge in [0.15, 0.2) is 0 Å². The molecule has 0 atom stereocenters. The molecule has 2 aliphatic heterocycles. The van der Waals surface area contributed by atoms with Gasteiger partial charge in [0.2, 0.25) is 0 Å². The lowest BCUT2D eigenvalue weighted by Gasteiger charge is -2.07. The number of nitrogens with zero attached hydrogens (tertiary/aromatic N) is 2. The second-order valence-electron chi connectivity index (χ2n) is 10.3. The highest BCUT2D eigenvalue weighted by Crippen LogP contribution is 2.49. The minimum absolute atomic E-state index is 0.991. The lowest BCUT2D eigenvalue weighted by atomic mass is 10.3.